The van der Waals surface area contributed by atoms with Crippen LogP contribution in [-0.2, 0) is 29.7 Å². The van der Waals surface area contributed by atoms with Gasteiger partial charge in [0, 0.05) is 51.3 Å². The summed E-state index contributed by atoms with van der Waals surface area (Å²) in [6.07, 6.45) is 5.21. The normalized spacial score (nSPS) is 24.1. The monoisotopic (exact) mass is 671 g/mol. The van der Waals surface area contributed by atoms with Crippen LogP contribution in [0.15, 0.2) is 53.5 Å². The van der Waals surface area contributed by atoms with Gasteiger partial charge in [-0.3, -0.25) is 29.4 Å². The molecule has 2 N–H and O–H groups in total. The fraction of sp³-hybridized carbons (Fsp3) is 0.472. The molecule has 2 aromatic carbocycles. The Morgan fingerprint density at radius 2 is 1.73 bits per heavy atom. The zero-order valence-corrected chi connectivity index (χ0v) is 28.2. The van der Waals surface area contributed by atoms with Crippen LogP contribution in [0.3, 0.4) is 0 Å². The second-order valence-corrected chi connectivity index (χ2v) is 14.2. The Balaban J connectivity index is 0.944. The summed E-state index contributed by atoms with van der Waals surface area (Å²) in [5, 5.41) is 10.2. The largest absolute Gasteiger partial charge is 0.378 e. The Kier molecular flexibility index (Phi) is 9.10. The van der Waals surface area contributed by atoms with Gasteiger partial charge in [-0.05, 0) is 86.0 Å². The maximum Gasteiger partial charge on any atom is 0.287 e. The summed E-state index contributed by atoms with van der Waals surface area (Å²) in [4.78, 5) is 56.2. The van der Waals surface area contributed by atoms with E-state index in [2.05, 4.69) is 62.9 Å². The molecular formula is C36H42ClN7O4. The van der Waals surface area contributed by atoms with Crippen LogP contribution in [0.5, 0.6) is 0 Å². The first-order valence-electron chi connectivity index (χ1n) is 16.9. The van der Waals surface area contributed by atoms with Crippen LogP contribution >= 0.6 is 11.6 Å². The zero-order chi connectivity index (χ0) is 33.5. The molecule has 1 aromatic heterocycles. The molecule has 0 aliphatic carbocycles. The standard InChI is InChI=1S/C36H42ClN7O4/c1-41-19-25(16-26(20-41)39-30-17-38-42(2)36(48)33(30)37)23-8-6-22(7-9-23)18-43-14-12-24(13-15-43)27-4-3-5-28-29(27)21-44(35(28)47)31-10-11-32(45)40-34(31)46/h3-9,17,24-26,31,39H,10-16,18-21H2,1-2H3,(H,40,45,46)/t25-,26+,31?/m0/s1. The van der Waals surface area contributed by atoms with Crippen molar-refractivity contribution in [2.24, 2.45) is 7.05 Å². The molecule has 0 bridgehead atoms. The van der Waals surface area contributed by atoms with Gasteiger partial charge in [-0.1, -0.05) is 48.0 Å². The predicted molar refractivity (Wildman–Crippen MR) is 183 cm³/mol. The molecule has 4 aliphatic heterocycles. The summed E-state index contributed by atoms with van der Waals surface area (Å²) in [6, 6.07) is 14.5. The average molecular weight is 672 g/mol. The molecule has 12 heteroatoms. The number of fused-ring (bicyclic) bond motifs is 1. The smallest absolute Gasteiger partial charge is 0.287 e. The van der Waals surface area contributed by atoms with Gasteiger partial charge in [0.15, 0.2) is 0 Å². The molecule has 3 amide bonds. The van der Waals surface area contributed by atoms with Crippen LogP contribution < -0.4 is 16.2 Å². The summed E-state index contributed by atoms with van der Waals surface area (Å²) in [7, 11) is 3.72. The molecule has 3 fully saturated rings. The lowest BCUT2D eigenvalue weighted by Gasteiger charge is -2.37. The lowest BCUT2D eigenvalue weighted by molar-refractivity contribution is -0.136. The Morgan fingerprint density at radius 3 is 2.48 bits per heavy atom. The number of benzene rings is 2. The van der Waals surface area contributed by atoms with Gasteiger partial charge >= 0.3 is 0 Å². The van der Waals surface area contributed by atoms with Crippen LogP contribution in [0, 0.1) is 0 Å². The molecule has 7 rings (SSSR count). The van der Waals surface area contributed by atoms with Gasteiger partial charge < -0.3 is 15.1 Å². The number of hydrogen-bond donors (Lipinski definition) is 2. The highest BCUT2D eigenvalue weighted by molar-refractivity contribution is 6.32. The minimum atomic E-state index is -0.594. The highest BCUT2D eigenvalue weighted by Gasteiger charge is 2.40. The van der Waals surface area contributed by atoms with E-state index >= 15 is 0 Å². The molecule has 0 spiro atoms. The van der Waals surface area contributed by atoms with Gasteiger partial charge in [0.05, 0.1) is 11.9 Å². The summed E-state index contributed by atoms with van der Waals surface area (Å²) in [5.74, 6) is -0.0368. The van der Waals surface area contributed by atoms with Gasteiger partial charge in [0.2, 0.25) is 11.8 Å². The molecule has 3 saturated heterocycles. The van der Waals surface area contributed by atoms with Crippen LogP contribution in [0.1, 0.15) is 76.6 Å². The zero-order valence-electron chi connectivity index (χ0n) is 27.5. The number of carbonyl (C=O) groups is 3. The maximum atomic E-state index is 13.3. The fourth-order valence-corrected chi connectivity index (χ4v) is 8.27. The van der Waals surface area contributed by atoms with Crippen molar-refractivity contribution >= 4 is 35.0 Å². The van der Waals surface area contributed by atoms with E-state index in [0.717, 1.165) is 57.5 Å². The van der Waals surface area contributed by atoms with Gasteiger partial charge in [-0.2, -0.15) is 5.10 Å². The first-order valence-corrected chi connectivity index (χ1v) is 17.3. The van der Waals surface area contributed by atoms with Crippen molar-refractivity contribution in [1.29, 1.82) is 0 Å². The maximum absolute atomic E-state index is 13.3. The Bertz CT molecular complexity index is 1790. The van der Waals surface area contributed by atoms with Crippen LogP contribution in [0.25, 0.3) is 0 Å². The molecule has 3 atom stereocenters. The quantitative estimate of drug-likeness (QED) is 0.367. The third-order valence-corrected chi connectivity index (χ3v) is 10.9. The lowest BCUT2D eigenvalue weighted by atomic mass is 9.85. The second kappa shape index (κ2) is 13.4. The number of amides is 3. The number of hydrogen-bond acceptors (Lipinski definition) is 8. The lowest BCUT2D eigenvalue weighted by Crippen LogP contribution is -2.52. The van der Waals surface area contributed by atoms with Gasteiger partial charge in [0.1, 0.15) is 11.1 Å². The second-order valence-electron chi connectivity index (χ2n) is 13.9. The van der Waals surface area contributed by atoms with E-state index in [9.17, 15) is 19.2 Å². The fourth-order valence-electron chi connectivity index (χ4n) is 8.04. The predicted octanol–water partition coefficient (Wildman–Crippen LogP) is 3.47. The molecule has 0 radical (unpaired) electrons. The van der Waals surface area contributed by atoms with Crippen LogP contribution in [-0.4, -0.2) is 87.5 Å². The number of anilines is 1. The van der Waals surface area contributed by atoms with Gasteiger partial charge in [-0.25, -0.2) is 4.68 Å². The van der Waals surface area contributed by atoms with E-state index in [1.54, 1.807) is 18.1 Å². The van der Waals surface area contributed by atoms with E-state index < -0.39 is 6.04 Å². The van der Waals surface area contributed by atoms with Gasteiger partial charge in [-0.15, -0.1) is 0 Å². The van der Waals surface area contributed by atoms with Crippen molar-refractivity contribution in [3.63, 3.8) is 0 Å². The number of imide groups is 1. The molecule has 1 unspecified atom stereocenters. The summed E-state index contributed by atoms with van der Waals surface area (Å²) < 4.78 is 1.24. The average Bonchev–Trinajstić information content (AvgIpc) is 3.41. The Morgan fingerprint density at radius 1 is 0.958 bits per heavy atom. The number of likely N-dealkylation sites (tertiary alicyclic amines) is 2. The highest BCUT2D eigenvalue weighted by Crippen LogP contribution is 2.37. The Hall–Kier alpha value is -4.06. The van der Waals surface area contributed by atoms with E-state index in [1.807, 2.05) is 12.1 Å². The van der Waals surface area contributed by atoms with E-state index in [1.165, 1.54) is 21.4 Å². The highest BCUT2D eigenvalue weighted by atomic mass is 35.5. The first kappa shape index (κ1) is 32.5. The minimum Gasteiger partial charge on any atom is -0.378 e. The van der Waals surface area contributed by atoms with Crippen molar-refractivity contribution in [2.75, 3.05) is 38.5 Å². The summed E-state index contributed by atoms with van der Waals surface area (Å²) in [5.41, 5.74) is 5.83. The number of likely N-dealkylation sites (N-methyl/N-ethyl adjacent to an activating group) is 1. The summed E-state index contributed by atoms with van der Waals surface area (Å²) in [6.45, 7) is 5.09. The van der Waals surface area contributed by atoms with Crippen molar-refractivity contribution in [1.82, 2.24) is 29.8 Å². The first-order chi connectivity index (χ1) is 23.1. The van der Waals surface area contributed by atoms with Gasteiger partial charge in [0.25, 0.3) is 11.5 Å². The third-order valence-electron chi connectivity index (χ3n) is 10.6. The minimum absolute atomic E-state index is 0.112. The molecule has 11 nitrogen and oxygen atoms in total. The number of piperidine rings is 3. The number of aryl methyl sites for hydroxylation is 1. The van der Waals surface area contributed by atoms with Crippen molar-refractivity contribution in [2.45, 2.75) is 69.1 Å². The van der Waals surface area contributed by atoms with Crippen molar-refractivity contribution in [3.8, 4) is 0 Å². The molecular weight excluding hydrogens is 630 g/mol. The third kappa shape index (κ3) is 6.51. The number of halogens is 1. The number of nitrogens with one attached hydrogen (secondary N) is 2. The molecule has 252 valence electrons. The van der Waals surface area contributed by atoms with Crippen molar-refractivity contribution < 1.29 is 14.4 Å². The Labute approximate surface area is 285 Å². The topological polar surface area (TPSA) is 120 Å². The molecule has 3 aromatic rings. The molecule has 4 aliphatic rings. The molecule has 48 heavy (non-hydrogen) atoms. The van der Waals surface area contributed by atoms with Crippen LogP contribution in [0.2, 0.25) is 5.02 Å². The van der Waals surface area contributed by atoms with E-state index in [-0.39, 0.29) is 40.8 Å². The number of nitrogens with zero attached hydrogens (tertiary/aromatic N) is 5. The molecule has 0 saturated carbocycles. The number of aromatic nitrogens is 2. The summed E-state index contributed by atoms with van der Waals surface area (Å²) >= 11 is 6.32. The SMILES string of the molecule is CN1C[C@H](Nc2cnn(C)c(=O)c2Cl)C[C@H](c2ccc(CN3CCC(c4cccc5c4CN(C4CCC(=O)NC4=O)C5=O)CC3)cc2)C1. The molecule has 5 heterocycles. The van der Waals surface area contributed by atoms with E-state index in [4.69, 9.17) is 11.6 Å². The van der Waals surface area contributed by atoms with Crippen molar-refractivity contribution in [3.05, 3.63) is 91.9 Å². The van der Waals surface area contributed by atoms with Crippen LogP contribution in [0.4, 0.5) is 5.69 Å². The number of rotatable bonds is 7. The van der Waals surface area contributed by atoms with E-state index in [0.29, 0.717) is 36.1 Å². The number of carbonyl (C=O) groups excluding carboxylic acids is 3.